The number of rotatable bonds is 5. The van der Waals surface area contributed by atoms with Crippen LogP contribution in [0.5, 0.6) is 0 Å². The number of nitrogens with zero attached hydrogens (tertiary/aromatic N) is 3. The average Bonchev–Trinajstić information content (AvgIpc) is 3.48. The summed E-state index contributed by atoms with van der Waals surface area (Å²) in [6, 6.07) is 2.55. The maximum absolute atomic E-state index is 14.6. The summed E-state index contributed by atoms with van der Waals surface area (Å²) in [6.07, 6.45) is 2.94. The molecule has 0 N–H and O–H groups in total. The van der Waals surface area contributed by atoms with E-state index in [9.17, 15) is 24.0 Å². The molecular weight excluding hydrogens is 357 g/mol. The Morgan fingerprint density at radius 2 is 2.19 bits per heavy atom. The minimum Gasteiger partial charge on any atom is -0.468 e. The number of halogens is 1. The zero-order valence-electron chi connectivity index (χ0n) is 14.7. The van der Waals surface area contributed by atoms with Gasteiger partial charge in [0.15, 0.2) is 5.92 Å². The molecule has 0 amide bonds. The number of fused-ring (bicyclic) bond motifs is 1. The molecule has 27 heavy (non-hydrogen) atoms. The number of hydrogen-bond acceptors (Lipinski definition) is 7. The van der Waals surface area contributed by atoms with Crippen molar-refractivity contribution in [1.82, 2.24) is 9.55 Å². The smallest absolute Gasteiger partial charge is 0.343 e. The first-order valence-electron chi connectivity index (χ1n) is 8.32. The van der Waals surface area contributed by atoms with E-state index in [1.165, 1.54) is 6.20 Å². The predicted molar refractivity (Wildman–Crippen MR) is 90.6 cm³/mol. The molecule has 0 bridgehead atoms. The van der Waals surface area contributed by atoms with Gasteiger partial charge in [-0.25, -0.2) is 14.2 Å². The van der Waals surface area contributed by atoms with Crippen LogP contribution in [0.25, 0.3) is 11.0 Å². The normalized spacial score (nSPS) is 14.4. The van der Waals surface area contributed by atoms with Crippen molar-refractivity contribution in [3.63, 3.8) is 0 Å². The third-order valence-corrected chi connectivity index (χ3v) is 4.26. The largest absolute Gasteiger partial charge is 0.468 e. The summed E-state index contributed by atoms with van der Waals surface area (Å²) in [5.74, 6) is -4.31. The quantitative estimate of drug-likeness (QED) is 0.735. The van der Waals surface area contributed by atoms with E-state index in [1.54, 1.807) is 17.6 Å². The van der Waals surface area contributed by atoms with E-state index in [0.717, 1.165) is 26.0 Å². The molecule has 8 nitrogen and oxygen atoms in total. The van der Waals surface area contributed by atoms with Gasteiger partial charge < -0.3 is 14.0 Å². The summed E-state index contributed by atoms with van der Waals surface area (Å²) in [5.41, 5.74) is -1.24. The Morgan fingerprint density at radius 3 is 2.74 bits per heavy atom. The van der Waals surface area contributed by atoms with Crippen LogP contribution in [0.1, 0.15) is 47.8 Å². The molecule has 2 aromatic heterocycles. The lowest BCUT2D eigenvalue weighted by Gasteiger charge is -2.14. The van der Waals surface area contributed by atoms with Gasteiger partial charge in [-0.05, 0) is 25.8 Å². The van der Waals surface area contributed by atoms with Crippen LogP contribution >= 0.6 is 0 Å². The third kappa shape index (κ3) is 3.26. The Labute approximate surface area is 153 Å². The van der Waals surface area contributed by atoms with Crippen LogP contribution in [-0.4, -0.2) is 35.2 Å². The predicted octanol–water partition coefficient (Wildman–Crippen LogP) is 1.83. The van der Waals surface area contributed by atoms with Crippen LogP contribution in [0.4, 0.5) is 4.39 Å². The first kappa shape index (κ1) is 18.5. The lowest BCUT2D eigenvalue weighted by Crippen LogP contribution is -2.23. The summed E-state index contributed by atoms with van der Waals surface area (Å²) >= 11 is 0. The number of carbonyl (C=O) groups is 2. The van der Waals surface area contributed by atoms with Gasteiger partial charge in [0.25, 0.3) is 0 Å². The number of ether oxygens (including phenoxy) is 2. The minimum atomic E-state index is -1.56. The van der Waals surface area contributed by atoms with E-state index in [2.05, 4.69) is 9.72 Å². The molecule has 1 aliphatic carbocycles. The second kappa shape index (κ2) is 7.15. The van der Waals surface area contributed by atoms with Crippen molar-refractivity contribution in [3.8, 4) is 6.07 Å². The molecule has 0 radical (unpaired) electrons. The maximum atomic E-state index is 14.6. The Bertz CT molecular complexity index is 1040. The molecule has 0 aromatic carbocycles. The lowest BCUT2D eigenvalue weighted by molar-refractivity contribution is -0.141. The third-order valence-electron chi connectivity index (χ3n) is 4.26. The molecule has 2 aromatic rings. The van der Waals surface area contributed by atoms with Crippen LogP contribution in [-0.2, 0) is 14.3 Å². The van der Waals surface area contributed by atoms with Crippen LogP contribution in [0.2, 0.25) is 0 Å². The molecule has 0 spiro atoms. The molecule has 1 fully saturated rings. The van der Waals surface area contributed by atoms with E-state index in [1.807, 2.05) is 0 Å². The molecule has 0 saturated heterocycles. The summed E-state index contributed by atoms with van der Waals surface area (Å²) in [6.45, 7) is 1.70. The van der Waals surface area contributed by atoms with Crippen molar-refractivity contribution in [1.29, 1.82) is 5.26 Å². The molecule has 1 atom stereocenters. The number of nitriles is 1. The van der Waals surface area contributed by atoms with Crippen LogP contribution in [0.3, 0.4) is 0 Å². The van der Waals surface area contributed by atoms with Crippen molar-refractivity contribution in [2.45, 2.75) is 31.7 Å². The summed E-state index contributed by atoms with van der Waals surface area (Å²) in [4.78, 5) is 40.6. The maximum Gasteiger partial charge on any atom is 0.343 e. The fourth-order valence-corrected chi connectivity index (χ4v) is 2.79. The number of pyridine rings is 2. The van der Waals surface area contributed by atoms with E-state index < -0.39 is 34.8 Å². The zero-order valence-corrected chi connectivity index (χ0v) is 14.7. The van der Waals surface area contributed by atoms with Gasteiger partial charge in [0.1, 0.15) is 22.7 Å². The van der Waals surface area contributed by atoms with Crippen molar-refractivity contribution in [3.05, 3.63) is 39.6 Å². The lowest BCUT2D eigenvalue weighted by atomic mass is 10.0. The molecule has 3 rings (SSSR count). The molecule has 1 aliphatic rings. The number of esters is 2. The Morgan fingerprint density at radius 1 is 1.48 bits per heavy atom. The first-order chi connectivity index (χ1) is 12.9. The molecule has 1 saturated carbocycles. The summed E-state index contributed by atoms with van der Waals surface area (Å²) < 4.78 is 25.6. The molecule has 9 heteroatoms. The summed E-state index contributed by atoms with van der Waals surface area (Å²) in [5, 5.41) is 9.10. The zero-order chi connectivity index (χ0) is 19.7. The average molecular weight is 373 g/mol. The number of hydrogen-bond donors (Lipinski definition) is 0. The second-order valence-corrected chi connectivity index (χ2v) is 6.04. The fraction of sp³-hybridized carbons (Fsp3) is 0.389. The fourth-order valence-electron chi connectivity index (χ4n) is 2.79. The van der Waals surface area contributed by atoms with Gasteiger partial charge in [0.05, 0.1) is 25.2 Å². The SMILES string of the molecule is CCOC(=O)c1cn(C2CC2)c2nc(C(C#N)C(=O)OC)c(F)cc2c1=O. The van der Waals surface area contributed by atoms with E-state index in [0.29, 0.717) is 0 Å². The standard InChI is InChI=1S/C18H16FN3O5/c1-3-27-18(25)12-8-22(9-4-5-9)16-10(15(12)23)6-13(19)14(21-16)11(7-20)17(24)26-2/h6,8-9,11H,3-5H2,1-2H3. The topological polar surface area (TPSA) is 111 Å². The van der Waals surface area contributed by atoms with Gasteiger partial charge in [-0.15, -0.1) is 0 Å². The highest BCUT2D eigenvalue weighted by molar-refractivity contribution is 5.93. The first-order valence-corrected chi connectivity index (χ1v) is 8.32. The Balaban J connectivity index is 2.28. The number of methoxy groups -OCH3 is 1. The Kier molecular flexibility index (Phi) is 4.90. The molecular formula is C18H16FN3O5. The number of aromatic nitrogens is 2. The van der Waals surface area contributed by atoms with Crippen LogP contribution in [0, 0.1) is 17.1 Å². The van der Waals surface area contributed by atoms with Gasteiger partial charge in [0.2, 0.25) is 5.43 Å². The van der Waals surface area contributed by atoms with Gasteiger partial charge in [-0.1, -0.05) is 0 Å². The molecule has 0 aliphatic heterocycles. The van der Waals surface area contributed by atoms with Crippen molar-refractivity contribution in [2.75, 3.05) is 13.7 Å². The van der Waals surface area contributed by atoms with E-state index >= 15 is 0 Å². The Hall–Kier alpha value is -3.28. The van der Waals surface area contributed by atoms with E-state index in [-0.39, 0.29) is 29.2 Å². The van der Waals surface area contributed by atoms with Crippen molar-refractivity contribution in [2.24, 2.45) is 0 Å². The van der Waals surface area contributed by atoms with Gasteiger partial charge in [-0.3, -0.25) is 9.59 Å². The van der Waals surface area contributed by atoms with Gasteiger partial charge in [-0.2, -0.15) is 5.26 Å². The highest BCUT2D eigenvalue weighted by atomic mass is 19.1. The molecule has 2 heterocycles. The van der Waals surface area contributed by atoms with E-state index in [4.69, 9.17) is 4.74 Å². The number of carbonyl (C=O) groups excluding carboxylic acids is 2. The van der Waals surface area contributed by atoms with Crippen molar-refractivity contribution < 1.29 is 23.5 Å². The van der Waals surface area contributed by atoms with Crippen LogP contribution < -0.4 is 5.43 Å². The summed E-state index contributed by atoms with van der Waals surface area (Å²) in [7, 11) is 1.08. The highest BCUT2D eigenvalue weighted by Crippen LogP contribution is 2.37. The van der Waals surface area contributed by atoms with Gasteiger partial charge in [0, 0.05) is 12.2 Å². The van der Waals surface area contributed by atoms with Gasteiger partial charge >= 0.3 is 11.9 Å². The van der Waals surface area contributed by atoms with Crippen molar-refractivity contribution >= 4 is 23.0 Å². The molecule has 1 unspecified atom stereocenters. The van der Waals surface area contributed by atoms with Crippen LogP contribution in [0.15, 0.2) is 17.1 Å². The monoisotopic (exact) mass is 373 g/mol. The highest BCUT2D eigenvalue weighted by Gasteiger charge is 2.31. The second-order valence-electron chi connectivity index (χ2n) is 6.04. The molecule has 140 valence electrons. The minimum absolute atomic E-state index is 0.00856.